The number of para-hydroxylation sites is 1. The van der Waals surface area contributed by atoms with E-state index in [2.05, 4.69) is 42.8 Å². The summed E-state index contributed by atoms with van der Waals surface area (Å²) in [5, 5.41) is 2.78. The number of fused-ring (bicyclic) bond motifs is 1. The molecule has 0 saturated carbocycles. The van der Waals surface area contributed by atoms with Gasteiger partial charge in [-0.15, -0.1) is 0 Å². The van der Waals surface area contributed by atoms with Crippen LogP contribution in [0.15, 0.2) is 24.3 Å². The van der Waals surface area contributed by atoms with Gasteiger partial charge in [0.2, 0.25) is 5.78 Å². The Kier molecular flexibility index (Phi) is 6.37. The summed E-state index contributed by atoms with van der Waals surface area (Å²) in [6.07, 6.45) is 0. The zero-order valence-electron chi connectivity index (χ0n) is 15.2. The van der Waals surface area contributed by atoms with Crippen molar-refractivity contribution in [2.75, 3.05) is 37.6 Å². The van der Waals surface area contributed by atoms with Gasteiger partial charge in [-0.05, 0) is 38.6 Å². The molecule has 0 aliphatic carbocycles. The van der Waals surface area contributed by atoms with E-state index in [1.54, 1.807) is 0 Å². The Morgan fingerprint density at radius 1 is 1.25 bits per heavy atom. The molecule has 1 unspecified atom stereocenters. The van der Waals surface area contributed by atoms with Crippen molar-refractivity contribution < 1.29 is 9.59 Å². The number of hydrogen-bond acceptors (Lipinski definition) is 4. The van der Waals surface area contributed by atoms with Crippen molar-refractivity contribution in [2.24, 2.45) is 0 Å². The first-order valence-electron chi connectivity index (χ1n) is 8.89. The van der Waals surface area contributed by atoms with Gasteiger partial charge in [0.05, 0.1) is 5.92 Å². The molecule has 132 valence electrons. The first-order chi connectivity index (χ1) is 11.5. The summed E-state index contributed by atoms with van der Waals surface area (Å²) in [7, 11) is 0. The van der Waals surface area contributed by atoms with Crippen LogP contribution in [-0.4, -0.2) is 55.4 Å². The van der Waals surface area contributed by atoms with Crippen molar-refractivity contribution >= 4 is 17.4 Å². The van der Waals surface area contributed by atoms with Crippen molar-refractivity contribution in [3.8, 4) is 0 Å². The molecule has 2 rings (SSSR count). The maximum atomic E-state index is 12.6. The third kappa shape index (κ3) is 3.96. The fraction of sp³-hybridized carbons (Fsp3) is 0.579. The summed E-state index contributed by atoms with van der Waals surface area (Å²) in [4.78, 5) is 29.3. The predicted octanol–water partition coefficient (Wildman–Crippen LogP) is 2.03. The number of hydrogen-bond donors (Lipinski definition) is 1. The van der Waals surface area contributed by atoms with Crippen LogP contribution in [0.3, 0.4) is 0 Å². The van der Waals surface area contributed by atoms with Gasteiger partial charge in [0.25, 0.3) is 5.91 Å². The van der Waals surface area contributed by atoms with E-state index in [-0.39, 0.29) is 11.7 Å². The highest BCUT2D eigenvalue weighted by atomic mass is 16.2. The zero-order valence-corrected chi connectivity index (χ0v) is 15.2. The third-order valence-electron chi connectivity index (χ3n) is 4.77. The number of benzene rings is 1. The number of ketones is 1. The lowest BCUT2D eigenvalue weighted by atomic mass is 9.96. The molecule has 1 heterocycles. The molecule has 5 heteroatoms. The Hall–Kier alpha value is -1.88. The number of carbonyl (C=O) groups excluding carboxylic acids is 2. The molecule has 0 bridgehead atoms. The van der Waals surface area contributed by atoms with Crippen LogP contribution < -0.4 is 10.2 Å². The molecule has 0 spiro atoms. The Balaban J connectivity index is 2.01. The molecule has 1 aromatic rings. The molecule has 0 radical (unpaired) electrons. The van der Waals surface area contributed by atoms with Gasteiger partial charge in [-0.3, -0.25) is 9.59 Å². The molecule has 1 amide bonds. The van der Waals surface area contributed by atoms with Gasteiger partial charge in [-0.2, -0.15) is 0 Å². The maximum absolute atomic E-state index is 12.6. The van der Waals surface area contributed by atoms with E-state index in [0.29, 0.717) is 19.1 Å². The SMILES string of the molecule is CCN(CC)CCNC(=O)C(=O)C1CN(C(C)C)c2ccccc21. The van der Waals surface area contributed by atoms with E-state index in [1.165, 1.54) is 0 Å². The molecular weight excluding hydrogens is 302 g/mol. The van der Waals surface area contributed by atoms with Crippen LogP contribution in [0, 0.1) is 0 Å². The monoisotopic (exact) mass is 331 g/mol. The molecule has 1 N–H and O–H groups in total. The molecule has 1 aromatic carbocycles. The minimum Gasteiger partial charge on any atom is -0.368 e. The standard InChI is InChI=1S/C19H29N3O2/c1-5-21(6-2)12-11-20-19(24)18(23)16-13-22(14(3)4)17-10-8-7-9-15(16)17/h7-10,14,16H,5-6,11-13H2,1-4H3,(H,20,24). The molecule has 0 fully saturated rings. The molecular formula is C19H29N3O2. The Morgan fingerprint density at radius 3 is 2.54 bits per heavy atom. The van der Waals surface area contributed by atoms with Crippen molar-refractivity contribution in [1.82, 2.24) is 10.2 Å². The maximum Gasteiger partial charge on any atom is 0.288 e. The zero-order chi connectivity index (χ0) is 17.7. The van der Waals surface area contributed by atoms with Crippen LogP contribution in [0.25, 0.3) is 0 Å². The van der Waals surface area contributed by atoms with E-state index in [4.69, 9.17) is 0 Å². The summed E-state index contributed by atoms with van der Waals surface area (Å²) in [6.45, 7) is 12.1. The normalized spacial score (nSPS) is 16.6. The van der Waals surface area contributed by atoms with E-state index < -0.39 is 5.91 Å². The number of Topliss-reactive ketones (excluding diaryl/α,β-unsaturated/α-hetero) is 1. The Bertz CT molecular complexity index is 582. The van der Waals surface area contributed by atoms with Crippen molar-refractivity contribution in [2.45, 2.75) is 39.7 Å². The lowest BCUT2D eigenvalue weighted by Crippen LogP contribution is -2.41. The van der Waals surface area contributed by atoms with Crippen LogP contribution in [0.5, 0.6) is 0 Å². The Labute approximate surface area is 145 Å². The first-order valence-corrected chi connectivity index (χ1v) is 8.89. The second kappa shape index (κ2) is 8.29. The number of anilines is 1. The summed E-state index contributed by atoms with van der Waals surface area (Å²) in [6, 6.07) is 8.20. The van der Waals surface area contributed by atoms with E-state index in [9.17, 15) is 9.59 Å². The second-order valence-corrected chi connectivity index (χ2v) is 6.50. The highest BCUT2D eigenvalue weighted by Crippen LogP contribution is 2.37. The average Bonchev–Trinajstić information content (AvgIpc) is 2.97. The third-order valence-corrected chi connectivity index (χ3v) is 4.77. The number of rotatable bonds is 8. The number of amides is 1. The lowest BCUT2D eigenvalue weighted by Gasteiger charge is -2.24. The largest absolute Gasteiger partial charge is 0.368 e. The molecule has 0 saturated heterocycles. The number of likely N-dealkylation sites (N-methyl/N-ethyl adjacent to an activating group) is 1. The smallest absolute Gasteiger partial charge is 0.288 e. The van der Waals surface area contributed by atoms with Gasteiger partial charge in [0.15, 0.2) is 0 Å². The van der Waals surface area contributed by atoms with Gasteiger partial charge in [-0.1, -0.05) is 32.0 Å². The van der Waals surface area contributed by atoms with Gasteiger partial charge >= 0.3 is 0 Å². The van der Waals surface area contributed by atoms with Gasteiger partial charge < -0.3 is 15.1 Å². The predicted molar refractivity (Wildman–Crippen MR) is 97.5 cm³/mol. The van der Waals surface area contributed by atoms with Gasteiger partial charge in [-0.25, -0.2) is 0 Å². The second-order valence-electron chi connectivity index (χ2n) is 6.50. The van der Waals surface area contributed by atoms with Crippen molar-refractivity contribution in [1.29, 1.82) is 0 Å². The van der Waals surface area contributed by atoms with Crippen LogP contribution in [0.4, 0.5) is 5.69 Å². The van der Waals surface area contributed by atoms with E-state index in [1.807, 2.05) is 24.3 Å². The molecule has 5 nitrogen and oxygen atoms in total. The number of nitrogens with zero attached hydrogens (tertiary/aromatic N) is 2. The van der Waals surface area contributed by atoms with Gasteiger partial charge in [0, 0.05) is 31.4 Å². The Morgan fingerprint density at radius 2 is 1.92 bits per heavy atom. The average molecular weight is 331 g/mol. The highest BCUT2D eigenvalue weighted by Gasteiger charge is 2.37. The summed E-state index contributed by atoms with van der Waals surface area (Å²) in [5.41, 5.74) is 2.04. The number of nitrogens with one attached hydrogen (secondary N) is 1. The number of carbonyl (C=O) groups is 2. The minimum atomic E-state index is -0.465. The van der Waals surface area contributed by atoms with E-state index in [0.717, 1.165) is 30.9 Å². The topological polar surface area (TPSA) is 52.7 Å². The fourth-order valence-electron chi connectivity index (χ4n) is 3.26. The van der Waals surface area contributed by atoms with Gasteiger partial charge in [0.1, 0.15) is 0 Å². The van der Waals surface area contributed by atoms with Crippen LogP contribution in [0.1, 0.15) is 39.2 Å². The quantitative estimate of drug-likeness (QED) is 0.741. The summed E-state index contributed by atoms with van der Waals surface area (Å²) in [5.74, 6) is -1.16. The minimum absolute atomic E-state index is 0.301. The van der Waals surface area contributed by atoms with Crippen molar-refractivity contribution in [3.63, 3.8) is 0 Å². The lowest BCUT2D eigenvalue weighted by molar-refractivity contribution is -0.138. The molecule has 1 aliphatic heterocycles. The fourth-order valence-corrected chi connectivity index (χ4v) is 3.26. The first kappa shape index (κ1) is 18.5. The van der Waals surface area contributed by atoms with Crippen LogP contribution >= 0.6 is 0 Å². The molecule has 24 heavy (non-hydrogen) atoms. The van der Waals surface area contributed by atoms with E-state index >= 15 is 0 Å². The molecule has 1 aliphatic rings. The molecule has 1 atom stereocenters. The highest BCUT2D eigenvalue weighted by molar-refractivity contribution is 6.38. The van der Waals surface area contributed by atoms with Crippen molar-refractivity contribution in [3.05, 3.63) is 29.8 Å². The molecule has 0 aromatic heterocycles. The van der Waals surface area contributed by atoms with Crippen LogP contribution in [0.2, 0.25) is 0 Å². The summed E-state index contributed by atoms with van der Waals surface area (Å²) >= 11 is 0. The summed E-state index contributed by atoms with van der Waals surface area (Å²) < 4.78 is 0. The van der Waals surface area contributed by atoms with Crippen LogP contribution in [-0.2, 0) is 9.59 Å².